The summed E-state index contributed by atoms with van der Waals surface area (Å²) in [5, 5.41) is 0. The molecule has 72 heavy (non-hydrogen) atoms. The molecular weight excluding hydrogens is 941 g/mol. The summed E-state index contributed by atoms with van der Waals surface area (Å²) in [5.74, 6) is 1.02. The number of carbonyl (C=O) groups is 4. The van der Waals surface area contributed by atoms with Gasteiger partial charge in [0.05, 0.1) is 74.2 Å². The number of methoxy groups -OCH3 is 11. The molecule has 0 aliphatic heterocycles. The van der Waals surface area contributed by atoms with Gasteiger partial charge in [-0.15, -0.1) is 0 Å². The minimum Gasteiger partial charge on any atom is -0.437 e. The first-order valence-electron chi connectivity index (χ1n) is 22.8. The Kier molecular flexibility index (Phi) is 21.3. The molecule has 19 nitrogen and oxygen atoms in total. The Morgan fingerprint density at radius 2 is 0.556 bits per heavy atom. The van der Waals surface area contributed by atoms with Crippen LogP contribution in [-0.2, 0) is 121 Å². The number of ether oxygens (including phenoxy) is 15. The largest absolute Gasteiger partial charge is 0.513 e. The lowest BCUT2D eigenvalue weighted by molar-refractivity contribution is -0.120. The molecule has 19 heteroatoms. The first-order valence-corrected chi connectivity index (χ1v) is 22.8. The predicted molar refractivity (Wildman–Crippen MR) is 257 cm³/mol. The van der Waals surface area contributed by atoms with E-state index in [1.54, 1.807) is 56.9 Å². The normalized spacial score (nSPS) is 13.8. The third kappa shape index (κ3) is 12.7. The van der Waals surface area contributed by atoms with Gasteiger partial charge in [-0.25, -0.2) is 14.4 Å². The minimum absolute atomic E-state index is 0.0525. The zero-order valence-electron chi connectivity index (χ0n) is 42.9. The second kappa shape index (κ2) is 27.0. The summed E-state index contributed by atoms with van der Waals surface area (Å²) in [7, 11) is 16.1. The topological polar surface area (TPSA) is 207 Å². The summed E-state index contributed by atoms with van der Waals surface area (Å²) in [5.41, 5.74) is 6.16. The van der Waals surface area contributed by atoms with Crippen LogP contribution in [0.4, 0.5) is 14.4 Å². The van der Waals surface area contributed by atoms with Gasteiger partial charge in [0.2, 0.25) is 0 Å². The minimum atomic E-state index is -0.918. The number of rotatable bonds is 25. The van der Waals surface area contributed by atoms with E-state index in [0.29, 0.717) is 82.4 Å². The Morgan fingerprint density at radius 1 is 0.361 bits per heavy atom. The second-order valence-corrected chi connectivity index (χ2v) is 17.0. The van der Waals surface area contributed by atoms with Gasteiger partial charge in [-0.1, -0.05) is 0 Å². The molecule has 1 aliphatic rings. The molecule has 392 valence electrons. The summed E-state index contributed by atoms with van der Waals surface area (Å²) in [6.07, 6.45) is -1.00. The average Bonchev–Trinajstić information content (AvgIpc) is 3.37. The highest BCUT2D eigenvalue weighted by atomic mass is 16.7. The van der Waals surface area contributed by atoms with E-state index in [2.05, 4.69) is 0 Å². The molecule has 0 heterocycles. The third-order valence-corrected chi connectivity index (χ3v) is 12.8. The van der Waals surface area contributed by atoms with Crippen molar-refractivity contribution in [1.29, 1.82) is 0 Å². The molecule has 1 aliphatic carbocycles. The van der Waals surface area contributed by atoms with Crippen molar-refractivity contribution in [2.24, 2.45) is 0 Å². The van der Waals surface area contributed by atoms with E-state index in [4.69, 9.17) is 71.1 Å². The Balaban J connectivity index is 1.96. The van der Waals surface area contributed by atoms with Crippen LogP contribution in [-0.4, -0.2) is 103 Å². The zero-order chi connectivity index (χ0) is 52.4. The van der Waals surface area contributed by atoms with Gasteiger partial charge in [0, 0.05) is 112 Å². The average molecular weight is 1010 g/mol. The Hall–Kier alpha value is -6.16. The highest BCUT2D eigenvalue weighted by Crippen LogP contribution is 2.57. The van der Waals surface area contributed by atoms with Crippen LogP contribution in [0, 0.1) is 0 Å². The van der Waals surface area contributed by atoms with E-state index < -0.39 is 29.3 Å². The summed E-state index contributed by atoms with van der Waals surface area (Å²) in [6, 6.07) is 15.8. The van der Waals surface area contributed by atoms with Gasteiger partial charge >= 0.3 is 18.5 Å². The molecule has 1 fully saturated rings. The van der Waals surface area contributed by atoms with Crippen LogP contribution < -0.4 is 18.9 Å². The van der Waals surface area contributed by atoms with Crippen molar-refractivity contribution < 1.29 is 90.2 Å². The van der Waals surface area contributed by atoms with Gasteiger partial charge in [0.15, 0.2) is 0 Å². The SMILES string of the molecule is COCc1cc(C2(c3cc(COC)c(OC(=O)OC)c(COC)c3)CCC(c3cc(COC)c(OC(=O)OC)c(COC)c3)(c3cc(COC)c(OC(=O)OC)c(COC)c3)CC2)cc(COC)c1OC=O. The number of benzene rings is 4. The van der Waals surface area contributed by atoms with Crippen LogP contribution >= 0.6 is 0 Å². The maximum absolute atomic E-state index is 12.8. The summed E-state index contributed by atoms with van der Waals surface area (Å²) in [6.45, 7) is 0.892. The van der Waals surface area contributed by atoms with Crippen molar-refractivity contribution >= 4 is 24.9 Å². The lowest BCUT2D eigenvalue weighted by Gasteiger charge is -2.49. The van der Waals surface area contributed by atoms with Crippen molar-refractivity contribution in [3.8, 4) is 23.0 Å². The standard InChI is InChI=1S/C53H66O19/c1-58-24-33-16-41(17-34(25-59-2)45(33)69-32-54)52(42-18-35(26-60-3)46(70-49(55)66-9)36(19-42)27-61-4)12-14-53(15-13-52,43-20-37(28-62-5)47(71-50(56)67-10)38(21-43)29-63-6)44-22-39(30-64-7)48(72-51(57)68-11)40(23-44)31-65-8/h16-23,32H,12-15,24-31H2,1-11H3. The second-order valence-electron chi connectivity index (χ2n) is 17.0. The van der Waals surface area contributed by atoms with Gasteiger partial charge in [-0.3, -0.25) is 4.79 Å². The summed E-state index contributed by atoms with van der Waals surface area (Å²) >= 11 is 0. The fraction of sp³-hybridized carbons (Fsp3) is 0.472. The first kappa shape index (κ1) is 56.8. The molecular formula is C53H66O19. The third-order valence-electron chi connectivity index (χ3n) is 12.8. The Labute approximate surface area is 420 Å². The van der Waals surface area contributed by atoms with Crippen LogP contribution in [0.3, 0.4) is 0 Å². The highest BCUT2D eigenvalue weighted by molar-refractivity contribution is 5.68. The van der Waals surface area contributed by atoms with Gasteiger partial charge < -0.3 is 71.1 Å². The predicted octanol–water partition coefficient (Wildman–Crippen LogP) is 8.68. The van der Waals surface area contributed by atoms with Crippen molar-refractivity contribution in [2.75, 3.05) is 78.2 Å². The summed E-state index contributed by atoms with van der Waals surface area (Å²) in [4.78, 5) is 50.3. The first-order chi connectivity index (χ1) is 34.8. The fourth-order valence-corrected chi connectivity index (χ4v) is 9.78. The molecule has 0 N–H and O–H groups in total. The Morgan fingerprint density at radius 3 is 0.722 bits per heavy atom. The van der Waals surface area contributed by atoms with Crippen LogP contribution in [0.2, 0.25) is 0 Å². The van der Waals surface area contributed by atoms with E-state index in [1.165, 1.54) is 21.3 Å². The zero-order valence-corrected chi connectivity index (χ0v) is 42.9. The number of hydrogen-bond donors (Lipinski definition) is 0. The van der Waals surface area contributed by atoms with E-state index in [9.17, 15) is 19.2 Å². The van der Waals surface area contributed by atoms with Crippen molar-refractivity contribution in [1.82, 2.24) is 0 Å². The van der Waals surface area contributed by atoms with Gasteiger partial charge in [-0.05, 0) is 96.5 Å². The van der Waals surface area contributed by atoms with Gasteiger partial charge in [-0.2, -0.15) is 0 Å². The molecule has 0 aromatic heterocycles. The lowest BCUT2D eigenvalue weighted by Crippen LogP contribution is -2.42. The molecule has 1 saturated carbocycles. The number of carbonyl (C=O) groups excluding carboxylic acids is 4. The molecule has 0 atom stereocenters. The highest BCUT2D eigenvalue weighted by Gasteiger charge is 2.48. The van der Waals surface area contributed by atoms with E-state index in [1.807, 2.05) is 48.5 Å². The quantitative estimate of drug-likeness (QED) is 0.0263. The molecule has 0 spiro atoms. The number of hydrogen-bond acceptors (Lipinski definition) is 19. The van der Waals surface area contributed by atoms with E-state index in [0.717, 1.165) is 22.3 Å². The van der Waals surface area contributed by atoms with Crippen molar-refractivity contribution in [3.63, 3.8) is 0 Å². The molecule has 0 bridgehead atoms. The molecule has 0 radical (unpaired) electrons. The molecule has 4 aromatic carbocycles. The molecule has 4 aromatic rings. The van der Waals surface area contributed by atoms with E-state index >= 15 is 0 Å². The van der Waals surface area contributed by atoms with Gasteiger partial charge in [0.25, 0.3) is 6.47 Å². The lowest BCUT2D eigenvalue weighted by atomic mass is 9.54. The van der Waals surface area contributed by atoms with Crippen molar-refractivity contribution in [3.05, 3.63) is 115 Å². The van der Waals surface area contributed by atoms with Crippen molar-refractivity contribution in [2.45, 2.75) is 89.4 Å². The van der Waals surface area contributed by atoms with E-state index in [-0.39, 0.29) is 70.1 Å². The van der Waals surface area contributed by atoms with Crippen LogP contribution in [0.15, 0.2) is 48.5 Å². The molecule has 0 amide bonds. The van der Waals surface area contributed by atoms with Crippen LogP contribution in [0.25, 0.3) is 0 Å². The Bertz CT molecular complexity index is 2300. The maximum Gasteiger partial charge on any atom is 0.513 e. The fourth-order valence-electron chi connectivity index (χ4n) is 9.78. The van der Waals surface area contributed by atoms with Crippen LogP contribution in [0.1, 0.15) is 92.4 Å². The maximum atomic E-state index is 12.8. The van der Waals surface area contributed by atoms with Gasteiger partial charge in [0.1, 0.15) is 23.0 Å². The molecule has 0 saturated heterocycles. The smallest absolute Gasteiger partial charge is 0.437 e. The summed E-state index contributed by atoms with van der Waals surface area (Å²) < 4.78 is 83.5. The monoisotopic (exact) mass is 1010 g/mol. The molecule has 0 unspecified atom stereocenters. The van der Waals surface area contributed by atoms with Crippen LogP contribution in [0.5, 0.6) is 23.0 Å². The molecule has 5 rings (SSSR count).